The van der Waals surface area contributed by atoms with Gasteiger partial charge in [0.2, 0.25) is 0 Å². The molecule has 0 aromatic rings. The predicted molar refractivity (Wildman–Crippen MR) is 40.9 cm³/mol. The summed E-state index contributed by atoms with van der Waals surface area (Å²) in [5.74, 6) is 0. The van der Waals surface area contributed by atoms with E-state index in [1.165, 1.54) is 0 Å². The molecule has 0 atom stereocenters. The topological polar surface area (TPSA) is 20.3 Å². The molecule has 1 aliphatic heterocycles. The highest BCUT2D eigenvalue weighted by atomic mass is 16.1. The second kappa shape index (κ2) is 2.70. The third-order valence-corrected chi connectivity index (χ3v) is 2.48. The van der Waals surface area contributed by atoms with Gasteiger partial charge in [-0.15, -0.1) is 0 Å². The van der Waals surface area contributed by atoms with E-state index >= 15 is 0 Å². The minimum absolute atomic E-state index is 0.344. The van der Waals surface area contributed by atoms with Crippen molar-refractivity contribution in [2.75, 3.05) is 20.1 Å². The van der Waals surface area contributed by atoms with Crippen molar-refractivity contribution in [3.63, 3.8) is 0 Å². The normalized spacial score (nSPS) is 23.8. The first-order valence-corrected chi connectivity index (χ1v) is 3.84. The Hall–Kier alpha value is -0.370. The van der Waals surface area contributed by atoms with Crippen LogP contribution in [0.25, 0.3) is 0 Å². The lowest BCUT2D eigenvalue weighted by molar-refractivity contribution is -0.113. The smallest absolute Gasteiger partial charge is 0.120 e. The van der Waals surface area contributed by atoms with E-state index in [9.17, 15) is 4.79 Å². The molecule has 0 saturated carbocycles. The Morgan fingerprint density at radius 3 is 2.50 bits per heavy atom. The van der Waals surface area contributed by atoms with Gasteiger partial charge in [0.25, 0.3) is 0 Å². The van der Waals surface area contributed by atoms with Crippen LogP contribution >= 0.6 is 0 Å². The maximum Gasteiger partial charge on any atom is 0.120 e. The van der Waals surface area contributed by atoms with Gasteiger partial charge >= 0.3 is 0 Å². The van der Waals surface area contributed by atoms with Crippen LogP contribution in [0.5, 0.6) is 0 Å². The van der Waals surface area contributed by atoms with Crippen LogP contribution in [0.4, 0.5) is 0 Å². The second-order valence-corrected chi connectivity index (χ2v) is 3.40. The summed E-state index contributed by atoms with van der Waals surface area (Å²) in [5.41, 5.74) is 0.344. The molecule has 2 heteroatoms. The van der Waals surface area contributed by atoms with E-state index in [1.54, 1.807) is 0 Å². The van der Waals surface area contributed by atoms with Crippen molar-refractivity contribution in [2.45, 2.75) is 19.8 Å². The zero-order chi connectivity index (χ0) is 7.61. The summed E-state index contributed by atoms with van der Waals surface area (Å²) < 4.78 is 0. The highest BCUT2D eigenvalue weighted by Gasteiger charge is 2.38. The van der Waals surface area contributed by atoms with Gasteiger partial charge in [-0.25, -0.2) is 0 Å². The van der Waals surface area contributed by atoms with E-state index in [0.717, 1.165) is 32.2 Å². The Morgan fingerprint density at radius 1 is 1.60 bits per heavy atom. The number of carbonyl (C=O) groups is 1. The van der Waals surface area contributed by atoms with Crippen LogP contribution in [0.3, 0.4) is 0 Å². The van der Waals surface area contributed by atoms with Crippen LogP contribution in [0.1, 0.15) is 19.8 Å². The molecule has 58 valence electrons. The molecule has 1 heterocycles. The van der Waals surface area contributed by atoms with Gasteiger partial charge in [0.1, 0.15) is 6.29 Å². The lowest BCUT2D eigenvalue weighted by atomic mass is 9.75. The molecule has 10 heavy (non-hydrogen) atoms. The van der Waals surface area contributed by atoms with Crippen molar-refractivity contribution < 1.29 is 4.79 Å². The Kier molecular flexibility index (Phi) is 2.09. The molecule has 1 aliphatic rings. The molecule has 0 aliphatic carbocycles. The molecule has 2 nitrogen and oxygen atoms in total. The molecular weight excluding hydrogens is 126 g/mol. The van der Waals surface area contributed by atoms with Crippen LogP contribution in [0.15, 0.2) is 0 Å². The highest BCUT2D eigenvalue weighted by molar-refractivity contribution is 5.51. The number of likely N-dealkylation sites (tertiary alicyclic amines) is 1. The Morgan fingerprint density at radius 2 is 2.20 bits per heavy atom. The molecule has 0 amide bonds. The van der Waals surface area contributed by atoms with E-state index in [4.69, 9.17) is 0 Å². The summed E-state index contributed by atoms with van der Waals surface area (Å²) in [5, 5.41) is 0. The Bertz CT molecular complexity index is 127. The van der Waals surface area contributed by atoms with Crippen LogP contribution in [0, 0.1) is 5.41 Å². The zero-order valence-electron chi connectivity index (χ0n) is 6.76. The first kappa shape index (κ1) is 7.73. The molecule has 1 saturated heterocycles. The molecule has 0 aromatic carbocycles. The molecule has 0 N–H and O–H groups in total. The van der Waals surface area contributed by atoms with Crippen LogP contribution < -0.4 is 0 Å². The summed E-state index contributed by atoms with van der Waals surface area (Å²) in [6, 6.07) is 0. The van der Waals surface area contributed by atoms with Gasteiger partial charge in [-0.3, -0.25) is 0 Å². The van der Waals surface area contributed by atoms with Crippen molar-refractivity contribution in [1.82, 2.24) is 4.90 Å². The lowest BCUT2D eigenvalue weighted by Gasteiger charge is -2.47. The van der Waals surface area contributed by atoms with Crippen molar-refractivity contribution in [1.29, 1.82) is 0 Å². The number of nitrogens with zero attached hydrogens (tertiary/aromatic N) is 1. The van der Waals surface area contributed by atoms with Gasteiger partial charge in [0, 0.05) is 24.9 Å². The quantitative estimate of drug-likeness (QED) is 0.545. The molecule has 0 bridgehead atoms. The predicted octanol–water partition coefficient (Wildman–Crippen LogP) is 0.917. The minimum atomic E-state index is 0.344. The Labute approximate surface area is 62.2 Å². The number of aldehydes is 1. The van der Waals surface area contributed by atoms with Gasteiger partial charge < -0.3 is 9.69 Å². The van der Waals surface area contributed by atoms with Gasteiger partial charge in [0.15, 0.2) is 0 Å². The summed E-state index contributed by atoms with van der Waals surface area (Å²) in [6.07, 6.45) is 2.93. The standard InChI is InChI=1S/C8H15NO/c1-3-8(4-5-10)6-9(2)7-8/h5H,3-4,6-7H2,1-2H3. The van der Waals surface area contributed by atoms with Crippen LogP contribution in [-0.4, -0.2) is 31.3 Å². The van der Waals surface area contributed by atoms with E-state index in [-0.39, 0.29) is 0 Å². The minimum Gasteiger partial charge on any atom is -0.305 e. The number of hydrogen-bond donors (Lipinski definition) is 0. The molecular formula is C8H15NO. The number of rotatable bonds is 3. The summed E-state index contributed by atoms with van der Waals surface area (Å²) in [4.78, 5) is 12.5. The average molecular weight is 141 g/mol. The SMILES string of the molecule is CCC1(CC=O)CN(C)C1. The fourth-order valence-electron chi connectivity index (χ4n) is 1.77. The van der Waals surface area contributed by atoms with Crippen molar-refractivity contribution >= 4 is 6.29 Å². The molecule has 0 aromatic heterocycles. The largest absolute Gasteiger partial charge is 0.305 e. The van der Waals surface area contributed by atoms with Gasteiger partial charge in [-0.2, -0.15) is 0 Å². The van der Waals surface area contributed by atoms with E-state index in [1.807, 2.05) is 0 Å². The zero-order valence-corrected chi connectivity index (χ0v) is 6.76. The average Bonchev–Trinajstić information content (AvgIpc) is 1.84. The monoisotopic (exact) mass is 141 g/mol. The van der Waals surface area contributed by atoms with Gasteiger partial charge in [-0.1, -0.05) is 6.92 Å². The molecule has 0 unspecified atom stereocenters. The van der Waals surface area contributed by atoms with E-state index in [2.05, 4.69) is 18.9 Å². The third kappa shape index (κ3) is 1.21. The van der Waals surface area contributed by atoms with Gasteiger partial charge in [-0.05, 0) is 13.5 Å². The van der Waals surface area contributed by atoms with Crippen LogP contribution in [-0.2, 0) is 4.79 Å². The van der Waals surface area contributed by atoms with E-state index in [0.29, 0.717) is 5.41 Å². The summed E-state index contributed by atoms with van der Waals surface area (Å²) in [7, 11) is 2.10. The van der Waals surface area contributed by atoms with Crippen molar-refractivity contribution in [3.05, 3.63) is 0 Å². The van der Waals surface area contributed by atoms with Crippen LogP contribution in [0.2, 0.25) is 0 Å². The number of carbonyl (C=O) groups excluding carboxylic acids is 1. The maximum atomic E-state index is 10.3. The first-order valence-electron chi connectivity index (χ1n) is 3.84. The highest BCUT2D eigenvalue weighted by Crippen LogP contribution is 2.34. The molecule has 0 spiro atoms. The molecule has 0 radical (unpaired) electrons. The summed E-state index contributed by atoms with van der Waals surface area (Å²) >= 11 is 0. The fourth-order valence-corrected chi connectivity index (χ4v) is 1.77. The van der Waals surface area contributed by atoms with Gasteiger partial charge in [0.05, 0.1) is 0 Å². The number of hydrogen-bond acceptors (Lipinski definition) is 2. The lowest BCUT2D eigenvalue weighted by Crippen LogP contribution is -2.53. The third-order valence-electron chi connectivity index (χ3n) is 2.48. The molecule has 1 rings (SSSR count). The second-order valence-electron chi connectivity index (χ2n) is 3.40. The molecule has 1 fully saturated rings. The first-order chi connectivity index (χ1) is 4.72. The fraction of sp³-hybridized carbons (Fsp3) is 0.875. The van der Waals surface area contributed by atoms with Crippen molar-refractivity contribution in [3.8, 4) is 0 Å². The summed E-state index contributed by atoms with van der Waals surface area (Å²) in [6.45, 7) is 4.36. The Balaban J connectivity index is 2.39. The van der Waals surface area contributed by atoms with E-state index < -0.39 is 0 Å². The van der Waals surface area contributed by atoms with Crippen molar-refractivity contribution in [2.24, 2.45) is 5.41 Å². The maximum absolute atomic E-state index is 10.3.